The highest BCUT2D eigenvalue weighted by atomic mass is 32.1. The first-order valence-corrected chi connectivity index (χ1v) is 6.05. The van der Waals surface area contributed by atoms with Gasteiger partial charge in [-0.3, -0.25) is 0 Å². The van der Waals surface area contributed by atoms with Crippen LogP contribution in [-0.2, 0) is 5.41 Å². The second kappa shape index (κ2) is 2.16. The largest absolute Gasteiger partial charge is 0.375 e. The summed E-state index contributed by atoms with van der Waals surface area (Å²) in [5.41, 5.74) is 7.77. The van der Waals surface area contributed by atoms with Crippen LogP contribution in [0.25, 0.3) is 0 Å². The molecule has 0 aliphatic heterocycles. The molecule has 1 heterocycles. The van der Waals surface area contributed by atoms with Gasteiger partial charge in [0.1, 0.15) is 0 Å². The van der Waals surface area contributed by atoms with E-state index in [1.807, 2.05) is 0 Å². The molecule has 14 heavy (non-hydrogen) atoms. The van der Waals surface area contributed by atoms with E-state index in [0.717, 1.165) is 5.13 Å². The molecule has 2 unspecified atom stereocenters. The lowest BCUT2D eigenvalue weighted by Gasteiger charge is -2.34. The summed E-state index contributed by atoms with van der Waals surface area (Å²) in [6.45, 7) is 7.13. The molecule has 1 fully saturated rings. The fraction of sp³-hybridized carbons (Fsp3) is 0.727. The third-order valence-corrected chi connectivity index (χ3v) is 5.73. The molecule has 1 saturated carbocycles. The van der Waals surface area contributed by atoms with Crippen molar-refractivity contribution in [3.63, 3.8) is 0 Å². The van der Waals surface area contributed by atoms with Crippen molar-refractivity contribution in [2.24, 2.45) is 5.41 Å². The van der Waals surface area contributed by atoms with Crippen molar-refractivity contribution in [3.05, 3.63) is 10.6 Å². The number of thiazole rings is 1. The van der Waals surface area contributed by atoms with Crippen molar-refractivity contribution in [1.29, 1.82) is 0 Å². The molecule has 0 spiro atoms. The number of anilines is 1. The third-order valence-electron chi connectivity index (χ3n) is 4.74. The number of nitrogens with two attached hydrogens (primary N) is 1. The molecular formula is C11H16N2S. The lowest BCUT2D eigenvalue weighted by molar-refractivity contribution is 0.227. The maximum absolute atomic E-state index is 5.80. The SMILES string of the molecule is CC12CCC(c3sc(N)nc31)C2(C)C. The summed E-state index contributed by atoms with van der Waals surface area (Å²) >= 11 is 1.71. The molecule has 2 aliphatic carbocycles. The molecule has 1 aromatic heterocycles. The van der Waals surface area contributed by atoms with Gasteiger partial charge in [0.05, 0.1) is 5.69 Å². The molecule has 0 aromatic carbocycles. The van der Waals surface area contributed by atoms with E-state index in [2.05, 4.69) is 25.8 Å². The smallest absolute Gasteiger partial charge is 0.180 e. The fourth-order valence-corrected chi connectivity index (χ4v) is 4.65. The second-order valence-corrected chi connectivity index (χ2v) is 6.47. The molecule has 3 rings (SSSR count). The standard InChI is InChI=1S/C11H16N2S/c1-10(2)6-4-5-11(10,3)8-7(6)14-9(12)13-8/h6H,4-5H2,1-3H3,(H2,12,13). The summed E-state index contributed by atoms with van der Waals surface area (Å²) in [7, 11) is 0. The van der Waals surface area contributed by atoms with Crippen LogP contribution in [0.3, 0.4) is 0 Å². The van der Waals surface area contributed by atoms with Crippen molar-refractivity contribution in [2.75, 3.05) is 5.73 Å². The Kier molecular flexibility index (Phi) is 1.34. The second-order valence-electron chi connectivity index (χ2n) is 5.41. The summed E-state index contributed by atoms with van der Waals surface area (Å²) in [6.07, 6.45) is 2.60. The Balaban J connectivity index is 2.28. The normalized spacial score (nSPS) is 37.5. The van der Waals surface area contributed by atoms with E-state index in [0.29, 0.717) is 11.3 Å². The van der Waals surface area contributed by atoms with Crippen LogP contribution in [0.4, 0.5) is 5.13 Å². The number of rotatable bonds is 0. The highest BCUT2D eigenvalue weighted by Gasteiger charge is 2.61. The Morgan fingerprint density at radius 3 is 2.79 bits per heavy atom. The van der Waals surface area contributed by atoms with Gasteiger partial charge in [-0.1, -0.05) is 20.8 Å². The van der Waals surface area contributed by atoms with Crippen molar-refractivity contribution in [1.82, 2.24) is 4.98 Å². The number of fused-ring (bicyclic) bond motifs is 5. The van der Waals surface area contributed by atoms with Crippen molar-refractivity contribution in [3.8, 4) is 0 Å². The zero-order chi connectivity index (χ0) is 10.1. The zero-order valence-corrected chi connectivity index (χ0v) is 9.74. The first-order valence-electron chi connectivity index (χ1n) is 5.23. The molecule has 3 heteroatoms. The zero-order valence-electron chi connectivity index (χ0n) is 8.92. The average Bonchev–Trinajstić information content (AvgIpc) is 2.59. The molecule has 76 valence electrons. The van der Waals surface area contributed by atoms with Gasteiger partial charge in [-0.05, 0) is 18.3 Å². The van der Waals surface area contributed by atoms with Gasteiger partial charge >= 0.3 is 0 Å². The Hall–Kier alpha value is -0.570. The van der Waals surface area contributed by atoms with Crippen LogP contribution in [0, 0.1) is 5.41 Å². The Bertz CT molecular complexity index is 407. The van der Waals surface area contributed by atoms with Gasteiger partial charge in [-0.25, -0.2) is 4.98 Å². The Morgan fingerprint density at radius 2 is 2.14 bits per heavy atom. The van der Waals surface area contributed by atoms with Gasteiger partial charge in [-0.15, -0.1) is 11.3 Å². The number of hydrogen-bond acceptors (Lipinski definition) is 3. The number of hydrogen-bond donors (Lipinski definition) is 1. The van der Waals surface area contributed by atoms with E-state index < -0.39 is 0 Å². The van der Waals surface area contributed by atoms with Crippen LogP contribution in [0.2, 0.25) is 0 Å². The Labute approximate surface area is 88.5 Å². The Morgan fingerprint density at radius 1 is 1.43 bits per heavy atom. The van der Waals surface area contributed by atoms with E-state index in [1.54, 1.807) is 11.3 Å². The summed E-state index contributed by atoms with van der Waals surface area (Å²) < 4.78 is 0. The van der Waals surface area contributed by atoms with Gasteiger partial charge in [0.15, 0.2) is 5.13 Å². The summed E-state index contributed by atoms with van der Waals surface area (Å²) in [6, 6.07) is 0. The van der Waals surface area contributed by atoms with E-state index in [-0.39, 0.29) is 5.41 Å². The lowest BCUT2D eigenvalue weighted by atomic mass is 9.70. The van der Waals surface area contributed by atoms with E-state index in [4.69, 9.17) is 5.73 Å². The van der Waals surface area contributed by atoms with Gasteiger partial charge in [0, 0.05) is 16.2 Å². The van der Waals surface area contributed by atoms with Crippen LogP contribution in [0.1, 0.15) is 50.1 Å². The van der Waals surface area contributed by atoms with Crippen LogP contribution in [0.15, 0.2) is 0 Å². The minimum Gasteiger partial charge on any atom is -0.375 e. The van der Waals surface area contributed by atoms with Crippen LogP contribution in [-0.4, -0.2) is 4.98 Å². The van der Waals surface area contributed by atoms with Crippen LogP contribution in [0.5, 0.6) is 0 Å². The molecular weight excluding hydrogens is 192 g/mol. The number of nitrogen functional groups attached to an aromatic ring is 1. The molecule has 1 aromatic rings. The van der Waals surface area contributed by atoms with Crippen LogP contribution >= 0.6 is 11.3 Å². The summed E-state index contributed by atoms with van der Waals surface area (Å²) in [4.78, 5) is 6.01. The quantitative estimate of drug-likeness (QED) is 0.712. The number of nitrogens with zero attached hydrogens (tertiary/aromatic N) is 1. The maximum Gasteiger partial charge on any atom is 0.180 e. The molecule has 2 nitrogen and oxygen atoms in total. The highest BCUT2D eigenvalue weighted by Crippen LogP contribution is 2.68. The molecule has 0 radical (unpaired) electrons. The molecule has 2 N–H and O–H groups in total. The average molecular weight is 208 g/mol. The van der Waals surface area contributed by atoms with Crippen molar-refractivity contribution in [2.45, 2.75) is 44.9 Å². The maximum atomic E-state index is 5.80. The number of aromatic nitrogens is 1. The van der Waals surface area contributed by atoms with Crippen LogP contribution < -0.4 is 5.73 Å². The molecule has 2 atom stereocenters. The van der Waals surface area contributed by atoms with Gasteiger partial charge in [0.2, 0.25) is 0 Å². The first kappa shape index (κ1) is 8.72. The van der Waals surface area contributed by atoms with E-state index >= 15 is 0 Å². The van der Waals surface area contributed by atoms with Crippen molar-refractivity contribution >= 4 is 16.5 Å². The molecule has 2 bridgehead atoms. The minimum atomic E-state index is 0.279. The molecule has 0 amide bonds. The minimum absolute atomic E-state index is 0.279. The van der Waals surface area contributed by atoms with Gasteiger partial charge in [0.25, 0.3) is 0 Å². The summed E-state index contributed by atoms with van der Waals surface area (Å²) in [5.74, 6) is 0.706. The monoisotopic (exact) mass is 208 g/mol. The predicted octanol–water partition coefficient (Wildman–Crippen LogP) is 2.90. The van der Waals surface area contributed by atoms with Gasteiger partial charge in [-0.2, -0.15) is 0 Å². The fourth-order valence-electron chi connectivity index (χ4n) is 3.36. The van der Waals surface area contributed by atoms with Gasteiger partial charge < -0.3 is 5.73 Å². The van der Waals surface area contributed by atoms with E-state index in [9.17, 15) is 0 Å². The topological polar surface area (TPSA) is 38.9 Å². The summed E-state index contributed by atoms with van der Waals surface area (Å²) in [5, 5.41) is 0.753. The molecule has 2 aliphatic rings. The lowest BCUT2D eigenvalue weighted by Crippen LogP contribution is -2.31. The van der Waals surface area contributed by atoms with Crippen molar-refractivity contribution < 1.29 is 0 Å². The van der Waals surface area contributed by atoms with E-state index in [1.165, 1.54) is 23.4 Å². The predicted molar refractivity (Wildman–Crippen MR) is 59.6 cm³/mol. The first-order chi connectivity index (χ1) is 6.47. The third kappa shape index (κ3) is 0.691. The highest BCUT2D eigenvalue weighted by molar-refractivity contribution is 7.15. The molecule has 0 saturated heterocycles.